The largest absolute Gasteiger partial charge is 0.321 e. The highest BCUT2D eigenvalue weighted by Crippen LogP contribution is 2.29. The molecule has 0 aliphatic carbocycles. The van der Waals surface area contributed by atoms with Crippen molar-refractivity contribution in [2.75, 3.05) is 5.32 Å². The second kappa shape index (κ2) is 7.60. The van der Waals surface area contributed by atoms with Crippen molar-refractivity contribution in [1.82, 2.24) is 9.78 Å². The second-order valence-electron chi connectivity index (χ2n) is 6.79. The van der Waals surface area contributed by atoms with Gasteiger partial charge in [-0.1, -0.05) is 24.3 Å². The van der Waals surface area contributed by atoms with E-state index < -0.39 is 0 Å². The van der Waals surface area contributed by atoms with Crippen molar-refractivity contribution in [3.63, 3.8) is 0 Å². The molecule has 7 heteroatoms. The summed E-state index contributed by atoms with van der Waals surface area (Å²) < 4.78 is 15.0. The number of fused-ring (bicyclic) bond motifs is 1. The smallest absolute Gasteiger partial charge is 0.265 e. The number of thiophene rings is 1. The summed E-state index contributed by atoms with van der Waals surface area (Å²) in [5, 5.41) is 8.31. The summed E-state index contributed by atoms with van der Waals surface area (Å²) in [7, 11) is 0. The van der Waals surface area contributed by atoms with Crippen LogP contribution in [0.3, 0.4) is 0 Å². The lowest BCUT2D eigenvalue weighted by Crippen LogP contribution is -2.10. The maximum Gasteiger partial charge on any atom is 0.265 e. The van der Waals surface area contributed by atoms with Gasteiger partial charge in [-0.15, -0.1) is 11.3 Å². The predicted octanol–water partition coefficient (Wildman–Crippen LogP) is 5.05. The van der Waals surface area contributed by atoms with E-state index in [0.717, 1.165) is 21.5 Å². The first kappa shape index (κ1) is 19.0. The van der Waals surface area contributed by atoms with E-state index in [-0.39, 0.29) is 17.5 Å². The number of hydrogen-bond acceptors (Lipinski definition) is 4. The molecule has 0 fully saturated rings. The summed E-state index contributed by atoms with van der Waals surface area (Å²) in [6, 6.07) is 15.0. The van der Waals surface area contributed by atoms with Crippen LogP contribution >= 0.6 is 11.3 Å². The predicted molar refractivity (Wildman–Crippen MR) is 112 cm³/mol. The Morgan fingerprint density at radius 1 is 1.14 bits per heavy atom. The molecule has 0 unspecified atom stereocenters. The van der Waals surface area contributed by atoms with Crippen molar-refractivity contribution in [3.05, 3.63) is 82.1 Å². The Morgan fingerprint density at radius 3 is 2.62 bits per heavy atom. The molecule has 5 nitrogen and oxygen atoms in total. The molecule has 0 bridgehead atoms. The first-order valence-corrected chi connectivity index (χ1v) is 9.86. The number of nitrogens with one attached hydrogen (secondary N) is 1. The molecule has 2 aromatic heterocycles. The van der Waals surface area contributed by atoms with Gasteiger partial charge in [-0.3, -0.25) is 14.3 Å². The average molecular weight is 407 g/mol. The molecule has 0 saturated heterocycles. The van der Waals surface area contributed by atoms with E-state index in [1.54, 1.807) is 36.4 Å². The fraction of sp³-hybridized carbons (Fsp3) is 0.136. The zero-order valence-corrected chi connectivity index (χ0v) is 16.7. The Balaban J connectivity index is 1.60. The lowest BCUT2D eigenvalue weighted by molar-refractivity contribution is 0.101. The van der Waals surface area contributed by atoms with Gasteiger partial charge in [0.2, 0.25) is 0 Å². The van der Waals surface area contributed by atoms with Crippen LogP contribution < -0.4 is 5.32 Å². The van der Waals surface area contributed by atoms with Gasteiger partial charge in [0.05, 0.1) is 17.1 Å². The van der Waals surface area contributed by atoms with Crippen LogP contribution in [0.2, 0.25) is 0 Å². The van der Waals surface area contributed by atoms with Crippen LogP contribution in [0, 0.1) is 12.7 Å². The van der Waals surface area contributed by atoms with Crippen molar-refractivity contribution >= 4 is 38.9 Å². The van der Waals surface area contributed by atoms with Gasteiger partial charge >= 0.3 is 0 Å². The van der Waals surface area contributed by atoms with Gasteiger partial charge in [-0.2, -0.15) is 5.10 Å². The third-order valence-corrected chi connectivity index (χ3v) is 5.75. The van der Waals surface area contributed by atoms with Crippen molar-refractivity contribution < 1.29 is 14.0 Å². The van der Waals surface area contributed by atoms with Gasteiger partial charge in [0.15, 0.2) is 5.78 Å². The maximum absolute atomic E-state index is 13.1. The van der Waals surface area contributed by atoms with E-state index in [0.29, 0.717) is 22.7 Å². The van der Waals surface area contributed by atoms with E-state index >= 15 is 0 Å². The van der Waals surface area contributed by atoms with E-state index in [4.69, 9.17) is 0 Å². The minimum Gasteiger partial charge on any atom is -0.321 e. The molecule has 4 aromatic rings. The third-order valence-electron chi connectivity index (χ3n) is 4.60. The normalized spacial score (nSPS) is 11.0. The van der Waals surface area contributed by atoms with Crippen molar-refractivity contribution in [1.29, 1.82) is 0 Å². The standard InChI is InChI=1S/C22H18FN3O2S/c1-13-19-11-20(21(28)24-18-5-3-4-16(10-18)14(2)27)29-22(19)26(25-13)12-15-6-8-17(23)9-7-15/h3-11H,12H2,1-2H3,(H,24,28). The molecule has 0 spiro atoms. The van der Waals surface area contributed by atoms with Crippen LogP contribution in [-0.2, 0) is 6.54 Å². The number of nitrogens with zero attached hydrogens (tertiary/aromatic N) is 2. The van der Waals surface area contributed by atoms with Crippen LogP contribution in [-0.4, -0.2) is 21.5 Å². The number of aryl methyl sites for hydroxylation is 1. The molecule has 1 N–H and O–H groups in total. The van der Waals surface area contributed by atoms with Crippen molar-refractivity contribution in [2.24, 2.45) is 0 Å². The summed E-state index contributed by atoms with van der Waals surface area (Å²) in [6.45, 7) is 3.88. The molecule has 0 aliphatic rings. The summed E-state index contributed by atoms with van der Waals surface area (Å²) in [6.07, 6.45) is 0. The van der Waals surface area contributed by atoms with Crippen molar-refractivity contribution in [3.8, 4) is 0 Å². The van der Waals surface area contributed by atoms with Gasteiger partial charge in [-0.25, -0.2) is 4.39 Å². The molecule has 0 aliphatic heterocycles. The fourth-order valence-electron chi connectivity index (χ4n) is 3.10. The lowest BCUT2D eigenvalue weighted by Gasteiger charge is -2.05. The first-order chi connectivity index (χ1) is 13.9. The van der Waals surface area contributed by atoms with Crippen LogP contribution in [0.5, 0.6) is 0 Å². The molecule has 2 aromatic carbocycles. The molecule has 0 atom stereocenters. The highest BCUT2D eigenvalue weighted by molar-refractivity contribution is 7.20. The summed E-state index contributed by atoms with van der Waals surface area (Å²) in [5.41, 5.74) is 2.88. The topological polar surface area (TPSA) is 64.0 Å². The van der Waals surface area contributed by atoms with Crippen LogP contribution in [0.25, 0.3) is 10.2 Å². The van der Waals surface area contributed by atoms with E-state index in [2.05, 4.69) is 10.4 Å². The average Bonchev–Trinajstić information content (AvgIpc) is 3.25. The number of aromatic nitrogens is 2. The number of halogens is 1. The lowest BCUT2D eigenvalue weighted by atomic mass is 10.1. The summed E-state index contributed by atoms with van der Waals surface area (Å²) in [5.74, 6) is -0.571. The minimum atomic E-state index is -0.278. The number of ketones is 1. The Hall–Kier alpha value is -3.32. The van der Waals surface area contributed by atoms with Gasteiger partial charge in [0.1, 0.15) is 10.6 Å². The summed E-state index contributed by atoms with van der Waals surface area (Å²) in [4.78, 5) is 25.7. The zero-order valence-electron chi connectivity index (χ0n) is 15.9. The number of rotatable bonds is 5. The van der Waals surface area contributed by atoms with Crippen LogP contribution in [0.15, 0.2) is 54.6 Å². The molecule has 146 valence electrons. The van der Waals surface area contributed by atoms with Crippen LogP contribution in [0.4, 0.5) is 10.1 Å². The quantitative estimate of drug-likeness (QED) is 0.471. The van der Waals surface area contributed by atoms with Crippen LogP contribution in [0.1, 0.15) is 38.2 Å². The molecule has 0 radical (unpaired) electrons. The number of benzene rings is 2. The zero-order chi connectivity index (χ0) is 20.5. The highest BCUT2D eigenvalue weighted by atomic mass is 32.1. The Morgan fingerprint density at radius 2 is 1.90 bits per heavy atom. The molecular formula is C22H18FN3O2S. The first-order valence-electron chi connectivity index (χ1n) is 9.04. The molecular weight excluding hydrogens is 389 g/mol. The molecule has 2 heterocycles. The Bertz CT molecular complexity index is 1220. The van der Waals surface area contributed by atoms with E-state index in [1.165, 1.54) is 30.4 Å². The fourth-order valence-corrected chi connectivity index (χ4v) is 4.16. The molecule has 4 rings (SSSR count). The SMILES string of the molecule is CC(=O)c1cccc(NC(=O)c2cc3c(C)nn(Cc4ccc(F)cc4)c3s2)c1. The number of Topliss-reactive ketones (excluding diaryl/α,β-unsaturated/α-hetero) is 1. The molecule has 29 heavy (non-hydrogen) atoms. The van der Waals surface area contributed by atoms with E-state index in [9.17, 15) is 14.0 Å². The minimum absolute atomic E-state index is 0.0560. The second-order valence-corrected chi connectivity index (χ2v) is 7.82. The monoisotopic (exact) mass is 407 g/mol. The molecule has 0 saturated carbocycles. The van der Waals surface area contributed by atoms with Crippen molar-refractivity contribution in [2.45, 2.75) is 20.4 Å². The number of hydrogen-bond donors (Lipinski definition) is 1. The Labute approximate surface area is 170 Å². The third kappa shape index (κ3) is 3.95. The maximum atomic E-state index is 13.1. The van der Waals surface area contributed by atoms with Gasteiger partial charge in [-0.05, 0) is 49.7 Å². The molecule has 1 amide bonds. The number of amides is 1. The number of carbonyl (C=O) groups is 2. The van der Waals surface area contributed by atoms with Gasteiger partial charge in [0, 0.05) is 16.6 Å². The number of anilines is 1. The van der Waals surface area contributed by atoms with Gasteiger partial charge in [0.25, 0.3) is 5.91 Å². The Kier molecular flexibility index (Phi) is 4.98. The summed E-state index contributed by atoms with van der Waals surface area (Å²) >= 11 is 1.35. The van der Waals surface area contributed by atoms with E-state index in [1.807, 2.05) is 17.7 Å². The number of carbonyl (C=O) groups excluding carboxylic acids is 2. The highest BCUT2D eigenvalue weighted by Gasteiger charge is 2.17. The van der Waals surface area contributed by atoms with Gasteiger partial charge < -0.3 is 5.32 Å².